The Morgan fingerprint density at radius 1 is 0.828 bits per heavy atom. The number of hydrogen-bond acceptors (Lipinski definition) is 12. The van der Waals surface area contributed by atoms with E-state index in [4.69, 9.17) is 23.2 Å². The Morgan fingerprint density at radius 3 is 2.23 bits per heavy atom. The summed E-state index contributed by atoms with van der Waals surface area (Å²) < 4.78 is 17.5. The molecule has 0 radical (unpaired) electrons. The van der Waals surface area contributed by atoms with Crippen LogP contribution in [0.2, 0.25) is 10.0 Å². The largest absolute Gasteiger partial charge is 0.369 e. The second-order valence-electron chi connectivity index (χ2n) is 17.1. The van der Waals surface area contributed by atoms with E-state index in [0.29, 0.717) is 58.9 Å². The van der Waals surface area contributed by atoms with E-state index in [0.717, 1.165) is 67.9 Å². The number of nitrogens with zero attached hydrogens (tertiary/aromatic N) is 8. The second kappa shape index (κ2) is 17.1. The number of hydrogen-bond donors (Lipinski definition) is 3. The summed E-state index contributed by atoms with van der Waals surface area (Å²) in [5.74, 6) is -2.32. The Balaban J connectivity index is 0.689. The van der Waals surface area contributed by atoms with Gasteiger partial charge in [0.15, 0.2) is 17.0 Å². The fraction of sp³-hybridized carbons (Fsp3) is 0.378. The molecule has 1 atom stereocenters. The van der Waals surface area contributed by atoms with Gasteiger partial charge in [0.1, 0.15) is 18.2 Å². The molecule has 1 unspecified atom stereocenters. The maximum absolute atomic E-state index is 15.5. The molecule has 10 rings (SSSR count). The van der Waals surface area contributed by atoms with Gasteiger partial charge in [-0.15, -0.1) is 0 Å². The van der Waals surface area contributed by atoms with E-state index in [2.05, 4.69) is 52.8 Å². The third-order valence-corrected chi connectivity index (χ3v) is 13.9. The highest BCUT2D eigenvalue weighted by molar-refractivity contribution is 6.39. The van der Waals surface area contributed by atoms with Gasteiger partial charge in [0.05, 0.1) is 38.8 Å². The van der Waals surface area contributed by atoms with Crippen LogP contribution in [0.15, 0.2) is 67.3 Å². The highest BCUT2D eigenvalue weighted by Crippen LogP contribution is 2.37. The number of aromatic nitrogens is 4. The van der Waals surface area contributed by atoms with Crippen molar-refractivity contribution in [2.24, 2.45) is 5.92 Å². The topological polar surface area (TPSA) is 178 Å². The molecule has 2 aromatic heterocycles. The first-order chi connectivity index (χ1) is 31.0. The molecule has 4 aliphatic heterocycles. The quantitative estimate of drug-likeness (QED) is 0.148. The van der Waals surface area contributed by atoms with E-state index in [1.54, 1.807) is 24.5 Å². The lowest BCUT2D eigenvalue weighted by Gasteiger charge is -2.40. The number of amides is 5. The number of benzene rings is 3. The molecule has 3 N–H and O–H groups in total. The molecule has 5 aromatic rings. The van der Waals surface area contributed by atoms with Crippen molar-refractivity contribution in [2.45, 2.75) is 56.7 Å². The van der Waals surface area contributed by atoms with E-state index in [1.807, 2.05) is 21.6 Å². The highest BCUT2D eigenvalue weighted by atomic mass is 35.5. The predicted octanol–water partition coefficient (Wildman–Crippen LogP) is 5.59. The zero-order chi connectivity index (χ0) is 44.2. The molecule has 5 aliphatic rings. The van der Waals surface area contributed by atoms with Gasteiger partial charge in [-0.1, -0.05) is 29.3 Å². The predicted molar refractivity (Wildman–Crippen MR) is 238 cm³/mol. The van der Waals surface area contributed by atoms with Crippen molar-refractivity contribution in [1.82, 2.24) is 40.0 Å². The number of piperidine rings is 2. The van der Waals surface area contributed by atoms with E-state index in [1.165, 1.54) is 12.4 Å². The standard InChI is InChI=1S/C45H44Cl2FN11O5/c46-32-2-1-3-33(47)38(32)43(62)53-27-18-29(19-27)58-24-51-39-40(49-23-50-41(39)58)52-26-4-6-28(7-5-26)56-16-14-55(15-17-56)22-25-10-12-57(13-11-25)36-21-31-30(20-34(36)48)44(63)59(45(31)64)35-8-9-37(60)54-42(35)61/h1-7,20-21,23-25,27,29,35H,8-19,22H2,(H,53,62)(H,49,50,52)(H,54,60,61). The summed E-state index contributed by atoms with van der Waals surface area (Å²) in [6.45, 7) is 5.80. The smallest absolute Gasteiger partial charge is 0.262 e. The molecule has 1 aliphatic carbocycles. The van der Waals surface area contributed by atoms with Crippen molar-refractivity contribution in [3.8, 4) is 0 Å². The summed E-state index contributed by atoms with van der Waals surface area (Å²) in [5.41, 5.74) is 3.98. The fourth-order valence-electron chi connectivity index (χ4n) is 9.64. The van der Waals surface area contributed by atoms with Crippen LogP contribution >= 0.6 is 23.2 Å². The number of fused-ring (bicyclic) bond motifs is 2. The molecule has 3 aromatic carbocycles. The maximum atomic E-state index is 15.5. The van der Waals surface area contributed by atoms with Gasteiger partial charge in [-0.05, 0) is 86.6 Å². The van der Waals surface area contributed by atoms with Crippen LogP contribution in [-0.2, 0) is 9.59 Å². The molecule has 4 fully saturated rings. The molecule has 64 heavy (non-hydrogen) atoms. The number of rotatable bonds is 10. The SMILES string of the molecule is O=C1CCC(N2C(=O)c3cc(F)c(N4CCC(CN5CCN(c6ccc(Nc7ncnc8c7ncn8C7CC(NC(=O)c8c(Cl)cccc8Cl)C7)cc6)CC5)CC4)cc3C2=O)C(=O)N1. The minimum Gasteiger partial charge on any atom is -0.369 e. The number of carbonyl (C=O) groups is 5. The number of imidazole rings is 1. The van der Waals surface area contributed by atoms with Gasteiger partial charge >= 0.3 is 0 Å². The van der Waals surface area contributed by atoms with E-state index in [-0.39, 0.29) is 53.2 Å². The third-order valence-electron chi connectivity index (χ3n) is 13.2. The zero-order valence-electron chi connectivity index (χ0n) is 34.6. The number of halogens is 3. The fourth-order valence-corrected chi connectivity index (χ4v) is 10.2. The second-order valence-corrected chi connectivity index (χ2v) is 17.9. The first kappa shape index (κ1) is 41.8. The van der Waals surface area contributed by atoms with Crippen LogP contribution in [0.25, 0.3) is 11.2 Å². The van der Waals surface area contributed by atoms with E-state index < -0.39 is 35.5 Å². The lowest BCUT2D eigenvalue weighted by Crippen LogP contribution is -2.54. The molecule has 6 heterocycles. The molecule has 16 nitrogen and oxygen atoms in total. The highest BCUT2D eigenvalue weighted by Gasteiger charge is 2.45. The van der Waals surface area contributed by atoms with Gasteiger partial charge in [-0.2, -0.15) is 0 Å². The van der Waals surface area contributed by atoms with Crippen LogP contribution in [0.1, 0.15) is 75.6 Å². The molecular formula is C45H44Cl2FN11O5. The van der Waals surface area contributed by atoms with E-state index in [9.17, 15) is 24.0 Å². The van der Waals surface area contributed by atoms with Crippen molar-refractivity contribution in [2.75, 3.05) is 60.9 Å². The van der Waals surface area contributed by atoms with Crippen molar-refractivity contribution in [1.29, 1.82) is 0 Å². The average Bonchev–Trinajstić information content (AvgIpc) is 3.80. The number of carbonyl (C=O) groups excluding carboxylic acids is 5. The van der Waals surface area contributed by atoms with Crippen LogP contribution in [0.4, 0.5) is 27.3 Å². The summed E-state index contributed by atoms with van der Waals surface area (Å²) in [6, 6.07) is 14.8. The first-order valence-electron chi connectivity index (χ1n) is 21.6. The van der Waals surface area contributed by atoms with Crippen molar-refractivity contribution in [3.63, 3.8) is 0 Å². The molecule has 5 amide bonds. The Labute approximate surface area is 377 Å². The van der Waals surface area contributed by atoms with Crippen LogP contribution in [0.3, 0.4) is 0 Å². The molecule has 330 valence electrons. The van der Waals surface area contributed by atoms with Crippen LogP contribution in [0, 0.1) is 11.7 Å². The number of imide groups is 2. The summed E-state index contributed by atoms with van der Waals surface area (Å²) >= 11 is 12.5. The third kappa shape index (κ3) is 7.89. The lowest BCUT2D eigenvalue weighted by atomic mass is 9.86. The van der Waals surface area contributed by atoms with Crippen LogP contribution in [0.5, 0.6) is 0 Å². The molecule has 0 spiro atoms. The lowest BCUT2D eigenvalue weighted by molar-refractivity contribution is -0.136. The summed E-state index contributed by atoms with van der Waals surface area (Å²) in [5, 5.41) is 9.27. The minimum atomic E-state index is -1.10. The number of anilines is 4. The number of nitrogens with one attached hydrogen (secondary N) is 3. The van der Waals surface area contributed by atoms with Crippen molar-refractivity contribution >= 4 is 86.8 Å². The maximum Gasteiger partial charge on any atom is 0.262 e. The number of piperazine rings is 1. The average molecular weight is 909 g/mol. The van der Waals surface area contributed by atoms with Gasteiger partial charge in [0, 0.05) is 75.7 Å². The first-order valence-corrected chi connectivity index (χ1v) is 22.3. The molecular weight excluding hydrogens is 864 g/mol. The van der Waals surface area contributed by atoms with Crippen LogP contribution in [-0.4, -0.2) is 117 Å². The molecule has 1 saturated carbocycles. The zero-order valence-corrected chi connectivity index (χ0v) is 36.1. The van der Waals surface area contributed by atoms with Crippen LogP contribution < -0.4 is 25.8 Å². The summed E-state index contributed by atoms with van der Waals surface area (Å²) in [7, 11) is 0. The normalized spacial score (nSPS) is 21.9. The monoisotopic (exact) mass is 907 g/mol. The van der Waals surface area contributed by atoms with Crippen molar-refractivity contribution in [3.05, 3.63) is 99.8 Å². The van der Waals surface area contributed by atoms with E-state index >= 15 is 4.39 Å². The van der Waals surface area contributed by atoms with Gasteiger partial charge < -0.3 is 25.0 Å². The summed E-state index contributed by atoms with van der Waals surface area (Å²) in [4.78, 5) is 84.8. The molecule has 0 bridgehead atoms. The Kier molecular flexibility index (Phi) is 11.2. The Bertz CT molecular complexity index is 2670. The van der Waals surface area contributed by atoms with Gasteiger partial charge in [0.2, 0.25) is 11.8 Å². The minimum absolute atomic E-state index is 0.0186. The van der Waals surface area contributed by atoms with Gasteiger partial charge in [-0.3, -0.25) is 39.1 Å². The molecule has 3 saturated heterocycles. The van der Waals surface area contributed by atoms with Gasteiger partial charge in [0.25, 0.3) is 17.7 Å². The summed E-state index contributed by atoms with van der Waals surface area (Å²) in [6.07, 6.45) is 6.52. The molecule has 19 heteroatoms. The van der Waals surface area contributed by atoms with Gasteiger partial charge in [-0.25, -0.2) is 19.3 Å². The van der Waals surface area contributed by atoms with Crippen molar-refractivity contribution < 1.29 is 28.4 Å². The Hall–Kier alpha value is -6.17. The Morgan fingerprint density at radius 2 is 1.53 bits per heavy atom.